The molecule has 7 heteroatoms. The van der Waals surface area contributed by atoms with Gasteiger partial charge in [-0.3, -0.25) is 9.78 Å². The highest BCUT2D eigenvalue weighted by molar-refractivity contribution is 5.80. The molecule has 1 aromatic rings. The standard InChI is InChI=1S/C10H18N6O/c1-7(2)3-14-10(17)6-13-8-4-12-5-9(15-8)16-11/h4-5,7H,3,6,11H2,1-2H3,(H,14,17)(H2,13,15,16). The average Bonchev–Trinajstić information content (AvgIpc) is 2.34. The molecule has 0 saturated heterocycles. The molecule has 0 spiro atoms. The third-order valence-corrected chi connectivity index (χ3v) is 1.92. The van der Waals surface area contributed by atoms with Crippen molar-refractivity contribution in [2.75, 3.05) is 23.8 Å². The van der Waals surface area contributed by atoms with E-state index in [9.17, 15) is 4.79 Å². The van der Waals surface area contributed by atoms with Gasteiger partial charge in [-0.2, -0.15) is 0 Å². The first-order valence-corrected chi connectivity index (χ1v) is 5.41. The number of nitrogens with two attached hydrogens (primary N) is 1. The van der Waals surface area contributed by atoms with Crippen molar-refractivity contribution in [1.82, 2.24) is 15.3 Å². The number of nitrogens with zero attached hydrogens (tertiary/aromatic N) is 2. The van der Waals surface area contributed by atoms with E-state index in [1.807, 2.05) is 13.8 Å². The molecule has 7 nitrogen and oxygen atoms in total. The number of carbonyl (C=O) groups is 1. The minimum absolute atomic E-state index is 0.0772. The van der Waals surface area contributed by atoms with Gasteiger partial charge in [-0.25, -0.2) is 10.8 Å². The summed E-state index contributed by atoms with van der Waals surface area (Å²) in [6.45, 7) is 4.90. The predicted molar refractivity (Wildman–Crippen MR) is 66.2 cm³/mol. The minimum atomic E-state index is -0.0772. The van der Waals surface area contributed by atoms with E-state index in [0.29, 0.717) is 24.1 Å². The lowest BCUT2D eigenvalue weighted by atomic mass is 10.2. The quantitative estimate of drug-likeness (QED) is 0.409. The second-order valence-electron chi connectivity index (χ2n) is 3.99. The maximum atomic E-state index is 11.4. The molecule has 94 valence electrons. The fraction of sp³-hybridized carbons (Fsp3) is 0.500. The zero-order valence-electron chi connectivity index (χ0n) is 10.0. The van der Waals surface area contributed by atoms with E-state index >= 15 is 0 Å². The van der Waals surface area contributed by atoms with Gasteiger partial charge in [-0.15, -0.1) is 0 Å². The second kappa shape index (κ2) is 6.64. The van der Waals surface area contributed by atoms with Gasteiger partial charge in [-0.1, -0.05) is 13.8 Å². The summed E-state index contributed by atoms with van der Waals surface area (Å²) < 4.78 is 0. The summed E-state index contributed by atoms with van der Waals surface area (Å²) in [5.74, 6) is 6.50. The van der Waals surface area contributed by atoms with Crippen LogP contribution in [0.1, 0.15) is 13.8 Å². The average molecular weight is 238 g/mol. The Kier molecular flexibility index (Phi) is 5.15. The summed E-state index contributed by atoms with van der Waals surface area (Å²) in [7, 11) is 0. The van der Waals surface area contributed by atoms with Gasteiger partial charge < -0.3 is 16.1 Å². The summed E-state index contributed by atoms with van der Waals surface area (Å²) in [4.78, 5) is 19.4. The number of nitrogens with one attached hydrogen (secondary N) is 3. The molecule has 0 aliphatic carbocycles. The molecule has 1 aromatic heterocycles. The number of hydrogen-bond donors (Lipinski definition) is 4. The second-order valence-corrected chi connectivity index (χ2v) is 3.99. The maximum Gasteiger partial charge on any atom is 0.239 e. The maximum absolute atomic E-state index is 11.4. The van der Waals surface area contributed by atoms with Crippen LogP contribution in [0.4, 0.5) is 11.6 Å². The molecule has 0 unspecified atom stereocenters. The van der Waals surface area contributed by atoms with Crippen LogP contribution in [-0.2, 0) is 4.79 Å². The zero-order valence-corrected chi connectivity index (χ0v) is 10.0. The SMILES string of the molecule is CC(C)CNC(=O)CNc1cncc(NN)n1. The molecule has 1 amide bonds. The van der Waals surface area contributed by atoms with Crippen molar-refractivity contribution < 1.29 is 4.79 Å². The molecule has 0 fully saturated rings. The number of carbonyl (C=O) groups excluding carboxylic acids is 1. The van der Waals surface area contributed by atoms with Crippen LogP contribution in [0.5, 0.6) is 0 Å². The van der Waals surface area contributed by atoms with Crippen LogP contribution in [0.25, 0.3) is 0 Å². The van der Waals surface area contributed by atoms with Crippen molar-refractivity contribution in [3.05, 3.63) is 12.4 Å². The summed E-state index contributed by atoms with van der Waals surface area (Å²) in [5.41, 5.74) is 2.38. The van der Waals surface area contributed by atoms with E-state index in [1.54, 1.807) is 0 Å². The number of amides is 1. The lowest BCUT2D eigenvalue weighted by molar-refractivity contribution is -0.119. The lowest BCUT2D eigenvalue weighted by Gasteiger charge is -2.09. The van der Waals surface area contributed by atoms with E-state index < -0.39 is 0 Å². The van der Waals surface area contributed by atoms with Crippen LogP contribution in [0, 0.1) is 5.92 Å². The molecule has 0 bridgehead atoms. The largest absolute Gasteiger partial charge is 0.360 e. The zero-order chi connectivity index (χ0) is 12.7. The van der Waals surface area contributed by atoms with E-state index in [4.69, 9.17) is 5.84 Å². The van der Waals surface area contributed by atoms with Crippen molar-refractivity contribution in [2.24, 2.45) is 11.8 Å². The van der Waals surface area contributed by atoms with Crippen molar-refractivity contribution in [3.63, 3.8) is 0 Å². The Morgan fingerprint density at radius 1 is 1.41 bits per heavy atom. The van der Waals surface area contributed by atoms with Gasteiger partial charge in [0.05, 0.1) is 18.9 Å². The van der Waals surface area contributed by atoms with Crippen LogP contribution in [-0.4, -0.2) is 29.0 Å². The molecule has 1 rings (SSSR count). The Morgan fingerprint density at radius 3 is 2.76 bits per heavy atom. The molecular weight excluding hydrogens is 220 g/mol. The highest BCUT2D eigenvalue weighted by Gasteiger charge is 2.03. The highest BCUT2D eigenvalue weighted by atomic mass is 16.1. The van der Waals surface area contributed by atoms with E-state index in [-0.39, 0.29) is 12.5 Å². The van der Waals surface area contributed by atoms with Crippen molar-refractivity contribution in [1.29, 1.82) is 0 Å². The molecular formula is C10H18N6O. The molecule has 17 heavy (non-hydrogen) atoms. The number of hydrogen-bond acceptors (Lipinski definition) is 6. The first-order chi connectivity index (χ1) is 8.11. The first kappa shape index (κ1) is 13.2. The fourth-order valence-electron chi connectivity index (χ4n) is 1.07. The van der Waals surface area contributed by atoms with Gasteiger partial charge in [0.25, 0.3) is 0 Å². The van der Waals surface area contributed by atoms with Crippen molar-refractivity contribution in [2.45, 2.75) is 13.8 Å². The summed E-state index contributed by atoms with van der Waals surface area (Å²) in [5, 5.41) is 5.65. The number of aromatic nitrogens is 2. The molecule has 0 radical (unpaired) electrons. The summed E-state index contributed by atoms with van der Waals surface area (Å²) in [6.07, 6.45) is 3.01. The Balaban J connectivity index is 2.36. The lowest BCUT2D eigenvalue weighted by Crippen LogP contribution is -2.32. The third kappa shape index (κ3) is 5.12. The van der Waals surface area contributed by atoms with Crippen LogP contribution in [0.15, 0.2) is 12.4 Å². The number of rotatable bonds is 6. The number of nitrogen functional groups attached to an aromatic ring is 1. The first-order valence-electron chi connectivity index (χ1n) is 5.41. The Bertz CT molecular complexity index is 368. The van der Waals surface area contributed by atoms with Gasteiger partial charge in [0, 0.05) is 6.54 Å². The normalized spacial score (nSPS) is 10.1. The molecule has 1 heterocycles. The summed E-state index contributed by atoms with van der Waals surface area (Å²) in [6, 6.07) is 0. The third-order valence-electron chi connectivity index (χ3n) is 1.92. The van der Waals surface area contributed by atoms with Gasteiger partial charge in [0.15, 0.2) is 5.82 Å². The van der Waals surface area contributed by atoms with Gasteiger partial charge in [0.2, 0.25) is 5.91 Å². The summed E-state index contributed by atoms with van der Waals surface area (Å²) >= 11 is 0. The van der Waals surface area contributed by atoms with Crippen molar-refractivity contribution >= 4 is 17.5 Å². The van der Waals surface area contributed by atoms with Gasteiger partial charge in [0.1, 0.15) is 5.82 Å². The molecule has 0 aliphatic heterocycles. The number of hydrazine groups is 1. The topological polar surface area (TPSA) is 105 Å². The van der Waals surface area contributed by atoms with E-state index in [0.717, 1.165) is 0 Å². The number of anilines is 2. The van der Waals surface area contributed by atoms with Gasteiger partial charge in [-0.05, 0) is 5.92 Å². The van der Waals surface area contributed by atoms with Gasteiger partial charge >= 0.3 is 0 Å². The molecule has 0 aromatic carbocycles. The molecule has 0 aliphatic rings. The Hall–Kier alpha value is -1.89. The fourth-order valence-corrected chi connectivity index (χ4v) is 1.07. The predicted octanol–water partition coefficient (Wildman–Crippen LogP) is -0.0537. The van der Waals surface area contributed by atoms with Crippen LogP contribution in [0.3, 0.4) is 0 Å². The van der Waals surface area contributed by atoms with Crippen LogP contribution >= 0.6 is 0 Å². The smallest absolute Gasteiger partial charge is 0.239 e. The minimum Gasteiger partial charge on any atom is -0.360 e. The Labute approximate surface area is 100 Å². The van der Waals surface area contributed by atoms with Crippen LogP contribution in [0.2, 0.25) is 0 Å². The van der Waals surface area contributed by atoms with E-state index in [2.05, 4.69) is 26.0 Å². The Morgan fingerprint density at radius 2 is 2.12 bits per heavy atom. The monoisotopic (exact) mass is 238 g/mol. The van der Waals surface area contributed by atoms with E-state index in [1.165, 1.54) is 12.4 Å². The van der Waals surface area contributed by atoms with Crippen molar-refractivity contribution in [3.8, 4) is 0 Å². The molecule has 5 N–H and O–H groups in total. The molecule has 0 saturated carbocycles. The highest BCUT2D eigenvalue weighted by Crippen LogP contribution is 2.04. The molecule has 0 atom stereocenters. The van der Waals surface area contributed by atoms with Crippen LogP contribution < -0.4 is 21.9 Å².